The van der Waals surface area contributed by atoms with Crippen LogP contribution in [0.5, 0.6) is 0 Å². The number of carbonyl (C=O) groups is 1. The summed E-state index contributed by atoms with van der Waals surface area (Å²) in [5, 5.41) is 18.7. The summed E-state index contributed by atoms with van der Waals surface area (Å²) < 4.78 is 5.38. The van der Waals surface area contributed by atoms with E-state index in [1.165, 1.54) is 4.88 Å². The smallest absolute Gasteiger partial charge is 0.223 e. The van der Waals surface area contributed by atoms with E-state index < -0.39 is 6.10 Å². The number of hydrogen-bond donors (Lipinski definition) is 3. The molecule has 1 aromatic rings. The Morgan fingerprint density at radius 1 is 1.42 bits per heavy atom. The number of fused-ring (bicyclic) bond motifs is 2. The van der Waals surface area contributed by atoms with Crippen LogP contribution >= 0.6 is 11.3 Å². The van der Waals surface area contributed by atoms with Gasteiger partial charge < -0.3 is 20.5 Å². The fourth-order valence-electron chi connectivity index (χ4n) is 6.17. The summed E-state index contributed by atoms with van der Waals surface area (Å²) >= 11 is 1.75. The molecule has 1 aromatic heterocycles. The molecular formula is C23H38N4O3S. The van der Waals surface area contributed by atoms with Crippen molar-refractivity contribution in [3.63, 3.8) is 0 Å². The van der Waals surface area contributed by atoms with Gasteiger partial charge in [-0.25, -0.2) is 4.98 Å². The molecule has 0 radical (unpaired) electrons. The first-order valence-corrected chi connectivity index (χ1v) is 12.6. The van der Waals surface area contributed by atoms with Gasteiger partial charge in [-0.2, -0.15) is 0 Å². The Morgan fingerprint density at radius 3 is 2.87 bits per heavy atom. The second kappa shape index (κ2) is 9.33. The Morgan fingerprint density at radius 2 is 2.16 bits per heavy atom. The van der Waals surface area contributed by atoms with Crippen LogP contribution in [0.3, 0.4) is 0 Å². The molecule has 1 saturated heterocycles. The number of hydrogen-bond acceptors (Lipinski definition) is 7. The Labute approximate surface area is 190 Å². The van der Waals surface area contributed by atoms with Crippen molar-refractivity contribution in [3.05, 3.63) is 10.6 Å². The maximum Gasteiger partial charge on any atom is 0.223 e. The number of carbonyl (C=O) groups excluding carboxylic acids is 1. The van der Waals surface area contributed by atoms with Gasteiger partial charge in [-0.15, -0.1) is 11.3 Å². The van der Waals surface area contributed by atoms with Gasteiger partial charge >= 0.3 is 0 Å². The largest absolute Gasteiger partial charge is 0.392 e. The third-order valence-electron chi connectivity index (χ3n) is 8.02. The molecule has 3 N–H and O–H groups in total. The lowest BCUT2D eigenvalue weighted by Crippen LogP contribution is -2.53. The Balaban J connectivity index is 1.39. The molecule has 3 aliphatic rings. The van der Waals surface area contributed by atoms with Crippen LogP contribution in [-0.4, -0.2) is 73.4 Å². The molecule has 31 heavy (non-hydrogen) atoms. The molecule has 6 atom stereocenters. The second-order valence-corrected chi connectivity index (χ2v) is 11.0. The molecule has 1 amide bonds. The minimum atomic E-state index is -0.485. The average molecular weight is 451 g/mol. The minimum Gasteiger partial charge on any atom is -0.392 e. The minimum absolute atomic E-state index is 0.00660. The van der Waals surface area contributed by atoms with Crippen molar-refractivity contribution in [2.45, 2.75) is 52.1 Å². The van der Waals surface area contributed by atoms with E-state index in [2.05, 4.69) is 29.4 Å². The number of amides is 1. The summed E-state index contributed by atoms with van der Waals surface area (Å²) in [4.78, 5) is 21.4. The van der Waals surface area contributed by atoms with E-state index in [0.717, 1.165) is 62.9 Å². The van der Waals surface area contributed by atoms with Crippen LogP contribution in [0.2, 0.25) is 0 Å². The monoisotopic (exact) mass is 450 g/mol. The fourth-order valence-corrected chi connectivity index (χ4v) is 7.39. The van der Waals surface area contributed by atoms with Gasteiger partial charge in [-0.05, 0) is 36.5 Å². The summed E-state index contributed by atoms with van der Waals surface area (Å²) in [7, 11) is 1.91. The lowest BCUT2D eigenvalue weighted by molar-refractivity contribution is -0.134. The van der Waals surface area contributed by atoms with Crippen molar-refractivity contribution in [1.82, 2.24) is 15.2 Å². The van der Waals surface area contributed by atoms with Crippen LogP contribution in [0.15, 0.2) is 0 Å². The highest BCUT2D eigenvalue weighted by Crippen LogP contribution is 2.57. The van der Waals surface area contributed by atoms with E-state index in [1.54, 1.807) is 11.3 Å². The molecular weight excluding hydrogens is 412 g/mol. The van der Waals surface area contributed by atoms with Crippen molar-refractivity contribution in [3.8, 4) is 0 Å². The molecule has 2 heterocycles. The lowest BCUT2D eigenvalue weighted by Gasteiger charge is -2.53. The number of aliphatic hydroxyl groups is 1. The normalized spacial score (nSPS) is 34.5. The van der Waals surface area contributed by atoms with Crippen molar-refractivity contribution < 1.29 is 14.6 Å². The number of rotatable bonds is 6. The molecule has 2 fully saturated rings. The number of aliphatic hydroxyl groups excluding tert-OH is 1. The first-order chi connectivity index (χ1) is 14.8. The van der Waals surface area contributed by atoms with Crippen molar-refractivity contribution in [1.29, 1.82) is 0 Å². The zero-order valence-electron chi connectivity index (χ0n) is 19.3. The molecule has 0 spiro atoms. The van der Waals surface area contributed by atoms with Crippen molar-refractivity contribution in [2.75, 3.05) is 51.8 Å². The molecule has 6 unspecified atom stereocenters. The van der Waals surface area contributed by atoms with Crippen LogP contribution in [0.25, 0.3) is 0 Å². The third-order valence-corrected chi connectivity index (χ3v) is 9.11. The highest BCUT2D eigenvalue weighted by atomic mass is 32.1. The molecule has 1 aliphatic heterocycles. The zero-order chi connectivity index (χ0) is 22.2. The summed E-state index contributed by atoms with van der Waals surface area (Å²) in [5.41, 5.74) is 1.20. The average Bonchev–Trinajstić information content (AvgIpc) is 3.17. The van der Waals surface area contributed by atoms with Gasteiger partial charge in [0.25, 0.3) is 0 Å². The predicted molar refractivity (Wildman–Crippen MR) is 124 cm³/mol. The van der Waals surface area contributed by atoms with Gasteiger partial charge in [-0.3, -0.25) is 9.69 Å². The molecule has 2 aliphatic carbocycles. The SMILES string of the molecule is CNc1nc2c(s1)CC1(C)CCC(C(C)C(=O)NCCN3CCOCC3)C(O)C1C2C. The lowest BCUT2D eigenvalue weighted by atomic mass is 9.53. The number of nitrogens with one attached hydrogen (secondary N) is 2. The Bertz CT molecular complexity index is 781. The first kappa shape index (κ1) is 23.0. The molecule has 174 valence electrons. The second-order valence-electron chi connectivity index (χ2n) is 9.95. The molecule has 7 nitrogen and oxygen atoms in total. The van der Waals surface area contributed by atoms with Crippen LogP contribution in [0.4, 0.5) is 5.13 Å². The molecule has 0 aromatic carbocycles. The summed E-state index contributed by atoms with van der Waals surface area (Å²) in [6, 6.07) is 0. The standard InChI is InChI=1S/C23H38N4O3S/c1-14(21(29)25-7-8-27-9-11-30-12-10-27)16-5-6-23(3)13-17-19(26-22(24-4)31-17)15(2)18(23)20(16)28/h14-16,18,20,28H,5-13H2,1-4H3,(H,24,26)(H,25,29). The van der Waals surface area contributed by atoms with Gasteiger partial charge in [-0.1, -0.05) is 20.8 Å². The van der Waals surface area contributed by atoms with Crippen LogP contribution in [0, 0.1) is 23.2 Å². The molecule has 1 saturated carbocycles. The van der Waals surface area contributed by atoms with Gasteiger partial charge in [0.15, 0.2) is 5.13 Å². The summed E-state index contributed by atoms with van der Waals surface area (Å²) in [6.07, 6.45) is 2.43. The fraction of sp³-hybridized carbons (Fsp3) is 0.826. The van der Waals surface area contributed by atoms with E-state index in [1.807, 2.05) is 14.0 Å². The van der Waals surface area contributed by atoms with E-state index in [4.69, 9.17) is 9.72 Å². The van der Waals surface area contributed by atoms with Gasteiger partial charge in [0.1, 0.15) is 0 Å². The van der Waals surface area contributed by atoms with Crippen LogP contribution < -0.4 is 10.6 Å². The van der Waals surface area contributed by atoms with E-state index >= 15 is 0 Å². The Kier molecular flexibility index (Phi) is 6.91. The topological polar surface area (TPSA) is 86.7 Å². The number of thiazole rings is 1. The third kappa shape index (κ3) is 4.49. The van der Waals surface area contributed by atoms with Crippen molar-refractivity contribution in [2.24, 2.45) is 23.2 Å². The van der Waals surface area contributed by atoms with E-state index in [0.29, 0.717) is 6.54 Å². The van der Waals surface area contributed by atoms with Gasteiger partial charge in [0.2, 0.25) is 5.91 Å². The van der Waals surface area contributed by atoms with E-state index in [-0.39, 0.29) is 35.0 Å². The molecule has 4 rings (SSSR count). The van der Waals surface area contributed by atoms with E-state index in [9.17, 15) is 9.90 Å². The molecule has 0 bridgehead atoms. The number of aromatic nitrogens is 1. The first-order valence-electron chi connectivity index (χ1n) is 11.8. The predicted octanol–water partition coefficient (Wildman–Crippen LogP) is 2.32. The summed E-state index contributed by atoms with van der Waals surface area (Å²) in [5.74, 6) is 0.195. The Hall–Kier alpha value is -1.22. The number of morpholine rings is 1. The highest BCUT2D eigenvalue weighted by Gasteiger charge is 2.53. The quantitative estimate of drug-likeness (QED) is 0.617. The number of nitrogens with zero attached hydrogens (tertiary/aromatic N) is 2. The highest BCUT2D eigenvalue weighted by molar-refractivity contribution is 7.15. The van der Waals surface area contributed by atoms with Gasteiger partial charge in [0, 0.05) is 49.9 Å². The van der Waals surface area contributed by atoms with Crippen LogP contribution in [-0.2, 0) is 16.0 Å². The molecule has 8 heteroatoms. The summed E-state index contributed by atoms with van der Waals surface area (Å²) in [6.45, 7) is 11.4. The van der Waals surface area contributed by atoms with Crippen LogP contribution in [0.1, 0.15) is 50.1 Å². The van der Waals surface area contributed by atoms with Gasteiger partial charge in [0.05, 0.1) is 25.0 Å². The number of anilines is 1. The number of ether oxygens (including phenoxy) is 1. The van der Waals surface area contributed by atoms with Crippen molar-refractivity contribution >= 4 is 22.4 Å². The zero-order valence-corrected chi connectivity index (χ0v) is 20.1. The maximum absolute atomic E-state index is 12.9. The maximum atomic E-state index is 12.9.